The number of phenols is 1. The van der Waals surface area contributed by atoms with Crippen molar-refractivity contribution in [3.63, 3.8) is 0 Å². The maximum Gasteiger partial charge on any atom is 0.275 e. The number of carbonyl (C=O) groups is 1. The molecule has 0 saturated carbocycles. The molecule has 28 heavy (non-hydrogen) atoms. The van der Waals surface area contributed by atoms with Crippen molar-refractivity contribution in [1.29, 1.82) is 0 Å². The number of nitrogens with zero attached hydrogens (tertiary/aromatic N) is 1. The van der Waals surface area contributed by atoms with E-state index in [1.165, 1.54) is 6.21 Å². The van der Waals surface area contributed by atoms with E-state index in [0.29, 0.717) is 16.9 Å². The van der Waals surface area contributed by atoms with E-state index in [9.17, 15) is 9.90 Å². The molecule has 6 heteroatoms. The number of fused-ring (bicyclic) bond motifs is 1. The summed E-state index contributed by atoms with van der Waals surface area (Å²) in [4.78, 5) is 12.3. The number of furan rings is 1. The fourth-order valence-electron chi connectivity index (χ4n) is 2.84. The summed E-state index contributed by atoms with van der Waals surface area (Å²) in [5.41, 5.74) is 3.51. The maximum atomic E-state index is 12.3. The summed E-state index contributed by atoms with van der Waals surface area (Å²) in [6.45, 7) is 0. The molecule has 1 heterocycles. The fraction of sp³-hybridized carbons (Fsp3) is 0. The first-order valence-corrected chi connectivity index (χ1v) is 9.31. The van der Waals surface area contributed by atoms with Crippen LogP contribution in [0.2, 0.25) is 0 Å². The number of amides is 1. The SMILES string of the molecule is O=C(N/N=C\c1ccc(-c2ccc(Br)cc2)o1)c1ccc2ccccc2c1O. The van der Waals surface area contributed by atoms with Gasteiger partial charge < -0.3 is 9.52 Å². The molecule has 2 N–H and O–H groups in total. The molecule has 5 nitrogen and oxygen atoms in total. The van der Waals surface area contributed by atoms with Gasteiger partial charge in [-0.05, 0) is 35.7 Å². The molecule has 0 atom stereocenters. The minimum Gasteiger partial charge on any atom is -0.506 e. The summed E-state index contributed by atoms with van der Waals surface area (Å²) in [7, 11) is 0. The Balaban J connectivity index is 1.47. The van der Waals surface area contributed by atoms with E-state index in [4.69, 9.17) is 4.42 Å². The van der Waals surface area contributed by atoms with Crippen molar-refractivity contribution in [2.75, 3.05) is 0 Å². The Morgan fingerprint density at radius 1 is 1.00 bits per heavy atom. The van der Waals surface area contributed by atoms with Crippen LogP contribution in [0.15, 0.2) is 86.8 Å². The van der Waals surface area contributed by atoms with Gasteiger partial charge in [0, 0.05) is 15.4 Å². The molecule has 0 bridgehead atoms. The molecule has 0 aliphatic rings. The summed E-state index contributed by atoms with van der Waals surface area (Å²) in [5, 5.41) is 15.7. The lowest BCUT2D eigenvalue weighted by Gasteiger charge is -2.06. The van der Waals surface area contributed by atoms with E-state index in [2.05, 4.69) is 26.5 Å². The van der Waals surface area contributed by atoms with Gasteiger partial charge in [0.25, 0.3) is 5.91 Å². The Kier molecular flexibility index (Phi) is 4.95. The molecule has 0 radical (unpaired) electrons. The van der Waals surface area contributed by atoms with Crippen molar-refractivity contribution in [1.82, 2.24) is 5.43 Å². The molecule has 4 rings (SSSR count). The Labute approximate surface area is 169 Å². The van der Waals surface area contributed by atoms with Gasteiger partial charge in [0.2, 0.25) is 0 Å². The molecule has 1 amide bonds. The van der Waals surface area contributed by atoms with Crippen LogP contribution in [-0.4, -0.2) is 17.2 Å². The van der Waals surface area contributed by atoms with Crippen molar-refractivity contribution in [3.8, 4) is 17.1 Å². The van der Waals surface area contributed by atoms with E-state index in [1.54, 1.807) is 24.3 Å². The predicted molar refractivity (Wildman–Crippen MR) is 113 cm³/mol. The lowest BCUT2D eigenvalue weighted by molar-refractivity contribution is 0.0952. The molecular formula is C22H15BrN2O3. The van der Waals surface area contributed by atoms with Crippen LogP contribution in [0.25, 0.3) is 22.1 Å². The van der Waals surface area contributed by atoms with E-state index in [1.807, 2.05) is 48.5 Å². The molecule has 0 spiro atoms. The first-order valence-electron chi connectivity index (χ1n) is 8.52. The molecule has 0 fully saturated rings. The van der Waals surface area contributed by atoms with Gasteiger partial charge in [-0.25, -0.2) is 5.43 Å². The molecule has 0 aliphatic heterocycles. The molecule has 138 valence electrons. The van der Waals surface area contributed by atoms with E-state index < -0.39 is 5.91 Å². The quantitative estimate of drug-likeness (QED) is 0.336. The van der Waals surface area contributed by atoms with Gasteiger partial charge in [-0.1, -0.05) is 58.4 Å². The molecule has 0 unspecified atom stereocenters. The first-order chi connectivity index (χ1) is 13.6. The van der Waals surface area contributed by atoms with Crippen LogP contribution in [-0.2, 0) is 0 Å². The van der Waals surface area contributed by atoms with Crippen molar-refractivity contribution in [3.05, 3.63) is 88.6 Å². The minimum atomic E-state index is -0.501. The fourth-order valence-corrected chi connectivity index (χ4v) is 3.11. The van der Waals surface area contributed by atoms with Gasteiger partial charge in [0.1, 0.15) is 17.3 Å². The zero-order valence-corrected chi connectivity index (χ0v) is 16.2. The normalized spacial score (nSPS) is 11.2. The molecule has 1 aromatic heterocycles. The number of phenolic OH excluding ortho intramolecular Hbond substituents is 1. The molecule has 0 saturated heterocycles. The summed E-state index contributed by atoms with van der Waals surface area (Å²) in [5.74, 6) is 0.633. The number of hydrazone groups is 1. The maximum absolute atomic E-state index is 12.3. The van der Waals surface area contributed by atoms with Crippen LogP contribution in [0.5, 0.6) is 5.75 Å². The van der Waals surface area contributed by atoms with Crippen LogP contribution in [0.4, 0.5) is 0 Å². The molecule has 0 aliphatic carbocycles. The standard InChI is InChI=1S/C22H15BrN2O3/c23-16-8-5-15(6-9-16)20-12-10-17(28-20)13-24-25-22(27)19-11-7-14-3-1-2-4-18(14)21(19)26/h1-13,26H,(H,25,27)/b24-13-. The van der Waals surface area contributed by atoms with Crippen LogP contribution < -0.4 is 5.43 Å². The van der Waals surface area contributed by atoms with E-state index in [0.717, 1.165) is 15.4 Å². The van der Waals surface area contributed by atoms with Gasteiger partial charge in [0.05, 0.1) is 11.8 Å². The Hall–Kier alpha value is -3.38. The average molecular weight is 435 g/mol. The third-order valence-electron chi connectivity index (χ3n) is 4.26. The average Bonchev–Trinajstić information content (AvgIpc) is 3.18. The Morgan fingerprint density at radius 2 is 1.79 bits per heavy atom. The molecular weight excluding hydrogens is 420 g/mol. The number of halogens is 1. The van der Waals surface area contributed by atoms with Gasteiger partial charge in [-0.15, -0.1) is 0 Å². The monoisotopic (exact) mass is 434 g/mol. The van der Waals surface area contributed by atoms with Crippen LogP contribution in [0, 0.1) is 0 Å². The van der Waals surface area contributed by atoms with Crippen molar-refractivity contribution in [2.45, 2.75) is 0 Å². The second kappa shape index (κ2) is 7.70. The summed E-state index contributed by atoms with van der Waals surface area (Å²) in [6.07, 6.45) is 1.42. The number of rotatable bonds is 4. The summed E-state index contributed by atoms with van der Waals surface area (Å²) < 4.78 is 6.70. The third kappa shape index (κ3) is 3.68. The lowest BCUT2D eigenvalue weighted by atomic mass is 10.1. The lowest BCUT2D eigenvalue weighted by Crippen LogP contribution is -2.17. The zero-order chi connectivity index (χ0) is 19.5. The zero-order valence-electron chi connectivity index (χ0n) is 14.6. The smallest absolute Gasteiger partial charge is 0.275 e. The summed E-state index contributed by atoms with van der Waals surface area (Å²) >= 11 is 3.40. The predicted octanol–water partition coefficient (Wildman–Crippen LogP) is 5.33. The van der Waals surface area contributed by atoms with Crippen LogP contribution >= 0.6 is 15.9 Å². The minimum absolute atomic E-state index is 0.0682. The largest absolute Gasteiger partial charge is 0.506 e. The van der Waals surface area contributed by atoms with Gasteiger partial charge in [0.15, 0.2) is 0 Å². The molecule has 3 aromatic carbocycles. The number of nitrogens with one attached hydrogen (secondary N) is 1. The summed E-state index contributed by atoms with van der Waals surface area (Å²) in [6, 6.07) is 22.0. The second-order valence-corrected chi connectivity index (χ2v) is 7.01. The van der Waals surface area contributed by atoms with Gasteiger partial charge in [-0.3, -0.25) is 4.79 Å². The number of aromatic hydroxyl groups is 1. The first kappa shape index (κ1) is 18.0. The van der Waals surface area contributed by atoms with Gasteiger partial charge in [-0.2, -0.15) is 5.10 Å². The van der Waals surface area contributed by atoms with Crippen molar-refractivity contribution >= 4 is 38.8 Å². The number of hydrogen-bond donors (Lipinski definition) is 2. The van der Waals surface area contributed by atoms with Crippen LogP contribution in [0.3, 0.4) is 0 Å². The Bertz CT molecular complexity index is 1180. The van der Waals surface area contributed by atoms with Crippen molar-refractivity contribution in [2.24, 2.45) is 5.10 Å². The highest BCUT2D eigenvalue weighted by Gasteiger charge is 2.13. The van der Waals surface area contributed by atoms with E-state index in [-0.39, 0.29) is 11.3 Å². The van der Waals surface area contributed by atoms with E-state index >= 15 is 0 Å². The molecule has 4 aromatic rings. The highest BCUT2D eigenvalue weighted by Crippen LogP contribution is 2.28. The highest BCUT2D eigenvalue weighted by atomic mass is 79.9. The van der Waals surface area contributed by atoms with Crippen LogP contribution in [0.1, 0.15) is 16.1 Å². The van der Waals surface area contributed by atoms with Gasteiger partial charge >= 0.3 is 0 Å². The van der Waals surface area contributed by atoms with Crippen molar-refractivity contribution < 1.29 is 14.3 Å². The second-order valence-electron chi connectivity index (χ2n) is 6.09. The third-order valence-corrected chi connectivity index (χ3v) is 4.79. The topological polar surface area (TPSA) is 74.8 Å². The Morgan fingerprint density at radius 3 is 2.61 bits per heavy atom. The highest BCUT2D eigenvalue weighted by molar-refractivity contribution is 9.10. The number of benzene rings is 3. The number of hydrogen-bond acceptors (Lipinski definition) is 4. The number of carbonyl (C=O) groups excluding carboxylic acids is 1.